The molecule has 2 heterocycles. The van der Waals surface area contributed by atoms with E-state index in [1.165, 1.54) is 13.4 Å². The van der Waals surface area contributed by atoms with Crippen molar-refractivity contribution in [3.63, 3.8) is 0 Å². The predicted molar refractivity (Wildman–Crippen MR) is 85.1 cm³/mol. The van der Waals surface area contributed by atoms with Crippen molar-refractivity contribution in [3.05, 3.63) is 58.8 Å². The second kappa shape index (κ2) is 8.19. The summed E-state index contributed by atoms with van der Waals surface area (Å²) < 4.78 is 2.71. The SMILES string of the molecule is Cn1nc(C(=O)NCc2ccc(-n3cncn3)cc2)[nH]c1=O.O=CO. The quantitative estimate of drug-likeness (QED) is 0.531. The molecule has 0 spiro atoms. The molecule has 1 aromatic carbocycles. The zero-order chi connectivity index (χ0) is 18.2. The van der Waals surface area contributed by atoms with Crippen molar-refractivity contribution in [2.24, 2.45) is 7.05 Å². The molecule has 0 fully saturated rings. The minimum Gasteiger partial charge on any atom is -0.483 e. The number of aromatic amines is 1. The fourth-order valence-corrected chi connectivity index (χ4v) is 1.88. The van der Waals surface area contributed by atoms with Crippen molar-refractivity contribution in [1.29, 1.82) is 0 Å². The third-order valence-electron chi connectivity index (χ3n) is 3.06. The average molecular weight is 345 g/mol. The fraction of sp³-hybridized carbons (Fsp3) is 0.143. The molecular formula is C14H15N7O4. The minimum absolute atomic E-state index is 0.00765. The van der Waals surface area contributed by atoms with Crippen LogP contribution in [0.4, 0.5) is 0 Å². The van der Waals surface area contributed by atoms with E-state index in [1.807, 2.05) is 24.3 Å². The molecule has 0 bridgehead atoms. The molecule has 0 radical (unpaired) electrons. The van der Waals surface area contributed by atoms with Gasteiger partial charge < -0.3 is 10.4 Å². The summed E-state index contributed by atoms with van der Waals surface area (Å²) in [6, 6.07) is 7.49. The second-order valence-electron chi connectivity index (χ2n) is 4.70. The van der Waals surface area contributed by atoms with E-state index in [2.05, 4.69) is 25.5 Å². The van der Waals surface area contributed by atoms with Crippen molar-refractivity contribution in [3.8, 4) is 5.69 Å². The topological polar surface area (TPSA) is 148 Å². The number of hydrogen-bond acceptors (Lipinski definition) is 6. The highest BCUT2D eigenvalue weighted by Gasteiger charge is 2.11. The third-order valence-corrected chi connectivity index (χ3v) is 3.06. The van der Waals surface area contributed by atoms with Crippen LogP contribution in [0.5, 0.6) is 0 Å². The van der Waals surface area contributed by atoms with Crippen LogP contribution in [-0.2, 0) is 18.4 Å². The number of hydrogen-bond donors (Lipinski definition) is 3. The molecule has 3 aromatic rings. The molecule has 3 rings (SSSR count). The monoisotopic (exact) mass is 345 g/mol. The molecule has 0 aliphatic rings. The Morgan fingerprint density at radius 3 is 2.56 bits per heavy atom. The van der Waals surface area contributed by atoms with E-state index in [9.17, 15) is 9.59 Å². The summed E-state index contributed by atoms with van der Waals surface area (Å²) in [4.78, 5) is 37.7. The van der Waals surface area contributed by atoms with E-state index in [0.29, 0.717) is 6.54 Å². The van der Waals surface area contributed by atoms with Gasteiger partial charge in [-0.3, -0.25) is 14.6 Å². The highest BCUT2D eigenvalue weighted by atomic mass is 16.3. The average Bonchev–Trinajstić information content (AvgIpc) is 3.25. The lowest BCUT2D eigenvalue weighted by Gasteiger charge is -2.05. The molecule has 11 nitrogen and oxygen atoms in total. The van der Waals surface area contributed by atoms with Gasteiger partial charge in [0.2, 0.25) is 5.82 Å². The van der Waals surface area contributed by atoms with Gasteiger partial charge in [-0.1, -0.05) is 12.1 Å². The summed E-state index contributed by atoms with van der Waals surface area (Å²) in [6.07, 6.45) is 3.07. The first-order valence-electron chi connectivity index (χ1n) is 6.98. The molecule has 25 heavy (non-hydrogen) atoms. The zero-order valence-corrected chi connectivity index (χ0v) is 13.2. The number of nitrogens with one attached hydrogen (secondary N) is 2. The molecule has 0 unspecified atom stereocenters. The number of aryl methyl sites for hydroxylation is 1. The lowest BCUT2D eigenvalue weighted by atomic mass is 10.2. The molecule has 0 aliphatic heterocycles. The first-order chi connectivity index (χ1) is 12.0. The van der Waals surface area contributed by atoms with Crippen LogP contribution in [0.25, 0.3) is 5.69 Å². The van der Waals surface area contributed by atoms with Crippen LogP contribution >= 0.6 is 0 Å². The van der Waals surface area contributed by atoms with Crippen LogP contribution in [0.1, 0.15) is 16.2 Å². The fourth-order valence-electron chi connectivity index (χ4n) is 1.88. The minimum atomic E-state index is -0.432. The zero-order valence-electron chi connectivity index (χ0n) is 13.2. The molecule has 2 aromatic heterocycles. The Bertz CT molecular complexity index is 881. The van der Waals surface area contributed by atoms with E-state index in [1.54, 1.807) is 11.0 Å². The standard InChI is InChI=1S/C13H13N7O2.CH2O2/c1-19-13(22)17-11(18-19)12(21)15-6-9-2-4-10(5-3-9)20-8-14-7-16-20;2-1-3/h2-5,7-8H,6H2,1H3,(H,15,21)(H,17,18,22);1H,(H,2,3). The maximum Gasteiger partial charge on any atom is 0.343 e. The van der Waals surface area contributed by atoms with Gasteiger partial charge in [0.05, 0.1) is 5.69 Å². The Kier molecular flexibility index (Phi) is 5.77. The number of H-pyrrole nitrogens is 1. The first kappa shape index (κ1) is 17.6. The Balaban J connectivity index is 0.000000701. The van der Waals surface area contributed by atoms with Gasteiger partial charge in [-0.2, -0.15) is 5.10 Å². The lowest BCUT2D eigenvalue weighted by Crippen LogP contribution is -2.24. The third kappa shape index (κ3) is 4.60. The lowest BCUT2D eigenvalue weighted by molar-refractivity contribution is -0.122. The number of rotatable bonds is 4. The van der Waals surface area contributed by atoms with E-state index in [4.69, 9.17) is 9.90 Å². The Morgan fingerprint density at radius 1 is 1.36 bits per heavy atom. The van der Waals surface area contributed by atoms with Gasteiger partial charge in [-0.15, -0.1) is 5.10 Å². The number of benzene rings is 1. The van der Waals surface area contributed by atoms with Crippen LogP contribution in [0.2, 0.25) is 0 Å². The summed E-state index contributed by atoms with van der Waals surface area (Å²) in [6.45, 7) is 0.0784. The Labute approximate surface area is 140 Å². The van der Waals surface area contributed by atoms with Gasteiger partial charge in [0.15, 0.2) is 0 Å². The van der Waals surface area contributed by atoms with Crippen LogP contribution in [0, 0.1) is 0 Å². The Hall–Kier alpha value is -3.76. The second-order valence-corrected chi connectivity index (χ2v) is 4.70. The highest BCUT2D eigenvalue weighted by molar-refractivity contribution is 5.90. The molecule has 0 aliphatic carbocycles. The van der Waals surface area contributed by atoms with Crippen molar-refractivity contribution in [2.75, 3.05) is 0 Å². The van der Waals surface area contributed by atoms with Crippen LogP contribution in [-0.4, -0.2) is 47.0 Å². The van der Waals surface area contributed by atoms with Gasteiger partial charge in [0.25, 0.3) is 12.4 Å². The van der Waals surface area contributed by atoms with E-state index in [0.717, 1.165) is 15.9 Å². The summed E-state index contributed by atoms with van der Waals surface area (Å²) in [7, 11) is 1.47. The largest absolute Gasteiger partial charge is 0.483 e. The number of carboxylic acid groups (broad SMARTS) is 1. The highest BCUT2D eigenvalue weighted by Crippen LogP contribution is 2.07. The summed E-state index contributed by atoms with van der Waals surface area (Å²) >= 11 is 0. The molecule has 0 saturated heterocycles. The number of carbonyl (C=O) groups is 2. The van der Waals surface area contributed by atoms with Crippen molar-refractivity contribution in [1.82, 2.24) is 34.8 Å². The van der Waals surface area contributed by atoms with Gasteiger partial charge in [0, 0.05) is 13.6 Å². The maximum absolute atomic E-state index is 11.9. The van der Waals surface area contributed by atoms with Crippen LogP contribution in [0.3, 0.4) is 0 Å². The van der Waals surface area contributed by atoms with E-state index >= 15 is 0 Å². The number of carbonyl (C=O) groups excluding carboxylic acids is 1. The molecule has 11 heteroatoms. The number of aromatic nitrogens is 6. The molecule has 0 saturated carbocycles. The predicted octanol–water partition coefficient (Wildman–Crippen LogP) is -0.680. The smallest absolute Gasteiger partial charge is 0.343 e. The van der Waals surface area contributed by atoms with E-state index < -0.39 is 11.6 Å². The van der Waals surface area contributed by atoms with Crippen LogP contribution in [0.15, 0.2) is 41.7 Å². The van der Waals surface area contributed by atoms with Crippen molar-refractivity contribution >= 4 is 12.4 Å². The summed E-state index contributed by atoms with van der Waals surface area (Å²) in [5.41, 5.74) is 1.36. The number of amides is 1. The molecule has 130 valence electrons. The molecule has 3 N–H and O–H groups in total. The van der Waals surface area contributed by atoms with Gasteiger partial charge in [0.1, 0.15) is 12.7 Å². The molecule has 0 atom stereocenters. The summed E-state index contributed by atoms with van der Waals surface area (Å²) in [5, 5.41) is 17.4. The Morgan fingerprint density at radius 2 is 2.04 bits per heavy atom. The first-order valence-corrected chi connectivity index (χ1v) is 6.98. The molecule has 1 amide bonds. The summed E-state index contributed by atoms with van der Waals surface area (Å²) in [5.74, 6) is -0.440. The maximum atomic E-state index is 11.9. The van der Waals surface area contributed by atoms with Gasteiger partial charge in [-0.25, -0.2) is 19.1 Å². The van der Waals surface area contributed by atoms with Gasteiger partial charge in [-0.05, 0) is 17.7 Å². The van der Waals surface area contributed by atoms with Crippen molar-refractivity contribution in [2.45, 2.75) is 6.54 Å². The normalized spacial score (nSPS) is 9.80. The molecular weight excluding hydrogens is 330 g/mol. The van der Waals surface area contributed by atoms with Crippen molar-refractivity contribution < 1.29 is 14.7 Å². The van der Waals surface area contributed by atoms with Gasteiger partial charge >= 0.3 is 5.69 Å². The van der Waals surface area contributed by atoms with Crippen LogP contribution < -0.4 is 11.0 Å². The van der Waals surface area contributed by atoms with E-state index in [-0.39, 0.29) is 12.3 Å². The number of nitrogens with zero attached hydrogens (tertiary/aromatic N) is 5.